The molecule has 2 heterocycles. The van der Waals surface area contributed by atoms with Gasteiger partial charge < -0.3 is 10.6 Å². The number of thioether (sulfide) groups is 1. The van der Waals surface area contributed by atoms with Crippen molar-refractivity contribution in [2.24, 2.45) is 0 Å². The molecular weight excluding hydrogens is 360 g/mol. The zero-order valence-corrected chi connectivity index (χ0v) is 15.5. The van der Waals surface area contributed by atoms with E-state index in [9.17, 15) is 9.59 Å². The minimum atomic E-state index is -1.25. The molecule has 1 aromatic heterocycles. The minimum absolute atomic E-state index is 0.333. The summed E-state index contributed by atoms with van der Waals surface area (Å²) in [5, 5.41) is 9.91. The van der Waals surface area contributed by atoms with Gasteiger partial charge in [0.15, 0.2) is 4.75 Å². The molecule has 1 aliphatic heterocycles. The third-order valence-electron chi connectivity index (χ3n) is 4.39. The minimum Gasteiger partial charge on any atom is -0.323 e. The molecule has 1 unspecified atom stereocenters. The summed E-state index contributed by atoms with van der Waals surface area (Å²) >= 11 is 1.25. The maximum atomic E-state index is 12.8. The van der Waals surface area contributed by atoms with E-state index in [1.807, 2.05) is 54.6 Å². The molecule has 6 nitrogen and oxygen atoms in total. The molecule has 1 aliphatic rings. The molecule has 0 radical (unpaired) electrons. The Morgan fingerprint density at radius 3 is 2.74 bits per heavy atom. The number of hydrogen-bond donors (Lipinski definition) is 2. The van der Waals surface area contributed by atoms with Crippen molar-refractivity contribution in [2.75, 3.05) is 10.6 Å². The molecule has 3 aromatic rings. The number of amides is 2. The van der Waals surface area contributed by atoms with Crippen molar-refractivity contribution >= 4 is 35.0 Å². The third-order valence-corrected chi connectivity index (χ3v) is 5.75. The second-order valence-corrected chi connectivity index (χ2v) is 7.91. The molecule has 2 amide bonds. The van der Waals surface area contributed by atoms with Crippen LogP contribution in [-0.2, 0) is 16.1 Å². The van der Waals surface area contributed by atoms with Gasteiger partial charge in [-0.05, 0) is 24.6 Å². The van der Waals surface area contributed by atoms with Gasteiger partial charge in [-0.15, -0.1) is 0 Å². The van der Waals surface area contributed by atoms with E-state index in [2.05, 4.69) is 15.7 Å². The highest BCUT2D eigenvalue weighted by Gasteiger charge is 2.45. The Morgan fingerprint density at radius 1 is 1.19 bits per heavy atom. The van der Waals surface area contributed by atoms with Crippen molar-refractivity contribution < 1.29 is 9.59 Å². The first-order chi connectivity index (χ1) is 13.0. The van der Waals surface area contributed by atoms with Gasteiger partial charge in [0.2, 0.25) is 11.8 Å². The summed E-state index contributed by atoms with van der Waals surface area (Å²) in [5.41, 5.74) is 2.40. The average Bonchev–Trinajstić information content (AvgIpc) is 3.10. The van der Waals surface area contributed by atoms with E-state index in [0.717, 1.165) is 16.1 Å². The first kappa shape index (κ1) is 17.4. The highest BCUT2D eigenvalue weighted by Crippen LogP contribution is 2.42. The predicted molar refractivity (Wildman–Crippen MR) is 106 cm³/mol. The highest BCUT2D eigenvalue weighted by atomic mass is 32.2. The van der Waals surface area contributed by atoms with Crippen LogP contribution in [0.15, 0.2) is 71.9 Å². The van der Waals surface area contributed by atoms with Gasteiger partial charge in [0, 0.05) is 11.1 Å². The smallest absolute Gasteiger partial charge is 0.250 e. The number of nitrogens with one attached hydrogen (secondary N) is 2. The van der Waals surface area contributed by atoms with Gasteiger partial charge in [0.1, 0.15) is 0 Å². The second kappa shape index (κ2) is 6.92. The van der Waals surface area contributed by atoms with Gasteiger partial charge in [-0.2, -0.15) is 5.10 Å². The van der Waals surface area contributed by atoms with Crippen LogP contribution in [0.5, 0.6) is 0 Å². The Hall–Kier alpha value is -3.06. The van der Waals surface area contributed by atoms with Crippen molar-refractivity contribution in [3.05, 3.63) is 72.6 Å². The number of para-hydroxylation sites is 1. The molecule has 0 fully saturated rings. The molecule has 0 saturated heterocycles. The van der Waals surface area contributed by atoms with Gasteiger partial charge in [0.25, 0.3) is 0 Å². The quantitative estimate of drug-likeness (QED) is 0.683. The van der Waals surface area contributed by atoms with Gasteiger partial charge in [0.05, 0.1) is 24.1 Å². The zero-order chi connectivity index (χ0) is 18.9. The van der Waals surface area contributed by atoms with Crippen LogP contribution in [0.1, 0.15) is 12.5 Å². The number of nitrogens with zero attached hydrogens (tertiary/aromatic N) is 2. The van der Waals surface area contributed by atoms with Crippen LogP contribution in [0, 0.1) is 0 Å². The summed E-state index contributed by atoms with van der Waals surface area (Å²) in [7, 11) is 0. The van der Waals surface area contributed by atoms with Gasteiger partial charge in [-0.3, -0.25) is 14.3 Å². The average molecular weight is 378 g/mol. The van der Waals surface area contributed by atoms with Gasteiger partial charge in [-0.1, -0.05) is 54.2 Å². The lowest BCUT2D eigenvalue weighted by atomic mass is 10.1. The largest absolute Gasteiger partial charge is 0.323 e. The molecule has 2 N–H and O–H groups in total. The summed E-state index contributed by atoms with van der Waals surface area (Å²) in [6.45, 7) is 2.24. The van der Waals surface area contributed by atoms with Crippen molar-refractivity contribution in [3.63, 3.8) is 0 Å². The summed E-state index contributed by atoms with van der Waals surface area (Å²) in [6.07, 6.45) is 3.34. The topological polar surface area (TPSA) is 76.0 Å². The van der Waals surface area contributed by atoms with Crippen molar-refractivity contribution in [3.8, 4) is 0 Å². The van der Waals surface area contributed by atoms with E-state index >= 15 is 0 Å². The summed E-state index contributed by atoms with van der Waals surface area (Å²) in [5.74, 6) is -0.709. The number of hydrogen-bond acceptors (Lipinski definition) is 4. The lowest BCUT2D eigenvalue weighted by Crippen LogP contribution is -2.49. The molecule has 7 heteroatoms. The number of rotatable bonds is 4. The van der Waals surface area contributed by atoms with E-state index in [-0.39, 0.29) is 11.8 Å². The highest BCUT2D eigenvalue weighted by molar-refractivity contribution is 8.02. The Morgan fingerprint density at radius 2 is 1.93 bits per heavy atom. The van der Waals surface area contributed by atoms with Crippen molar-refractivity contribution in [2.45, 2.75) is 23.1 Å². The second-order valence-electron chi connectivity index (χ2n) is 6.45. The molecular formula is C20H18N4O2S. The third kappa shape index (κ3) is 3.46. The fourth-order valence-corrected chi connectivity index (χ4v) is 3.95. The van der Waals surface area contributed by atoms with Crippen LogP contribution in [0.25, 0.3) is 0 Å². The van der Waals surface area contributed by atoms with Crippen molar-refractivity contribution in [1.82, 2.24) is 9.78 Å². The van der Waals surface area contributed by atoms with E-state index in [1.54, 1.807) is 24.0 Å². The van der Waals surface area contributed by atoms with Crippen LogP contribution in [-0.4, -0.2) is 26.3 Å². The Balaban J connectivity index is 1.48. The van der Waals surface area contributed by atoms with Crippen LogP contribution in [0.4, 0.5) is 11.4 Å². The molecule has 2 aromatic carbocycles. The standard InChI is InChI=1S/C20H18N4O2S/c1-20(19(26)23-16-9-5-6-10-17(16)27-20)18(25)22-15-11-21-24(13-15)12-14-7-3-2-4-8-14/h2-11,13H,12H2,1H3,(H,22,25)(H,23,26). The van der Waals surface area contributed by atoms with E-state index in [4.69, 9.17) is 0 Å². The number of carbonyl (C=O) groups excluding carboxylic acids is 2. The number of benzene rings is 2. The Bertz CT molecular complexity index is 1000. The number of anilines is 2. The fourth-order valence-electron chi connectivity index (χ4n) is 2.85. The maximum absolute atomic E-state index is 12.8. The number of aromatic nitrogens is 2. The van der Waals surface area contributed by atoms with E-state index in [1.165, 1.54) is 11.8 Å². The molecule has 4 rings (SSSR count). The van der Waals surface area contributed by atoms with Crippen molar-refractivity contribution in [1.29, 1.82) is 0 Å². The summed E-state index contributed by atoms with van der Waals surface area (Å²) in [4.78, 5) is 26.3. The first-order valence-electron chi connectivity index (χ1n) is 8.52. The molecule has 27 heavy (non-hydrogen) atoms. The van der Waals surface area contributed by atoms with E-state index < -0.39 is 4.75 Å². The van der Waals surface area contributed by atoms with Gasteiger partial charge in [-0.25, -0.2) is 0 Å². The number of carbonyl (C=O) groups is 2. The molecule has 0 spiro atoms. The van der Waals surface area contributed by atoms with Gasteiger partial charge >= 0.3 is 0 Å². The summed E-state index contributed by atoms with van der Waals surface area (Å²) in [6, 6.07) is 17.4. The predicted octanol–water partition coefficient (Wildman–Crippen LogP) is 3.37. The van der Waals surface area contributed by atoms with E-state index in [0.29, 0.717) is 12.2 Å². The number of fused-ring (bicyclic) bond motifs is 1. The molecule has 0 aliphatic carbocycles. The Labute approximate surface area is 161 Å². The van der Waals surface area contributed by atoms with Crippen LogP contribution < -0.4 is 10.6 Å². The van der Waals surface area contributed by atoms with Crippen LogP contribution in [0.2, 0.25) is 0 Å². The normalized spacial score (nSPS) is 18.5. The van der Waals surface area contributed by atoms with Crippen LogP contribution in [0.3, 0.4) is 0 Å². The monoisotopic (exact) mass is 378 g/mol. The summed E-state index contributed by atoms with van der Waals surface area (Å²) < 4.78 is 0.493. The first-order valence-corrected chi connectivity index (χ1v) is 9.33. The lowest BCUT2D eigenvalue weighted by molar-refractivity contribution is -0.126. The van der Waals surface area contributed by atoms with Crippen LogP contribution >= 0.6 is 11.8 Å². The molecule has 1 atom stereocenters. The molecule has 0 bridgehead atoms. The maximum Gasteiger partial charge on any atom is 0.250 e. The Kier molecular flexibility index (Phi) is 4.45. The molecule has 136 valence electrons. The zero-order valence-electron chi connectivity index (χ0n) is 14.7. The SMILES string of the molecule is CC1(C(=O)Nc2cnn(Cc3ccccc3)c2)Sc2ccccc2NC1=O. The molecule has 0 saturated carbocycles. The lowest BCUT2D eigenvalue weighted by Gasteiger charge is -2.31. The fraction of sp³-hybridized carbons (Fsp3) is 0.150.